The first-order valence-corrected chi connectivity index (χ1v) is 7.99. The van der Waals surface area contributed by atoms with Gasteiger partial charge in [-0.25, -0.2) is 0 Å². The molecule has 0 aliphatic carbocycles. The van der Waals surface area contributed by atoms with E-state index >= 15 is 0 Å². The average Bonchev–Trinajstić information content (AvgIpc) is 2.52. The minimum atomic E-state index is 0. The van der Waals surface area contributed by atoms with Crippen molar-refractivity contribution in [3.05, 3.63) is 60.2 Å². The zero-order chi connectivity index (χ0) is 15.2. The van der Waals surface area contributed by atoms with Crippen LogP contribution in [0.2, 0.25) is 0 Å². The fourth-order valence-corrected chi connectivity index (χ4v) is 1.22. The molecule has 0 radical (unpaired) electrons. The number of alkyl halides is 1. The summed E-state index contributed by atoms with van der Waals surface area (Å²) in [6.45, 7) is 0. The monoisotopic (exact) mass is 508 g/mol. The molecule has 0 spiro atoms. The number of pyridine rings is 2. The maximum Gasteiger partial charge on any atom is 0.283 e. The number of rotatable bonds is 1. The van der Waals surface area contributed by atoms with Crippen molar-refractivity contribution in [3.8, 4) is 6.07 Å². The Bertz CT molecular complexity index is 551. The first kappa shape index (κ1) is 22.2. The molecule has 21 heavy (non-hydrogen) atoms. The lowest BCUT2D eigenvalue weighted by atomic mass is 10.4. The second-order valence-corrected chi connectivity index (χ2v) is 3.45. The van der Waals surface area contributed by atoms with Crippen LogP contribution in [0.1, 0.15) is 11.4 Å². The van der Waals surface area contributed by atoms with E-state index in [2.05, 4.69) is 38.6 Å². The lowest BCUT2D eigenvalue weighted by Crippen LogP contribution is -3.00. The van der Waals surface area contributed by atoms with Crippen LogP contribution < -0.4 is 28.5 Å². The summed E-state index contributed by atoms with van der Waals surface area (Å²) >= 11 is 2.15. The maximum atomic E-state index is 8.45. The van der Waals surface area contributed by atoms with Crippen molar-refractivity contribution < 1.29 is 28.5 Å². The molecular weight excluding hydrogens is 490 g/mol. The van der Waals surface area contributed by atoms with E-state index in [1.807, 2.05) is 48.5 Å². The highest BCUT2D eigenvalue weighted by atomic mass is 127. The van der Waals surface area contributed by atoms with Gasteiger partial charge in [0.05, 0.1) is 5.69 Å². The van der Waals surface area contributed by atoms with E-state index in [4.69, 9.17) is 5.26 Å². The van der Waals surface area contributed by atoms with Crippen LogP contribution >= 0.6 is 22.6 Å². The molecule has 0 aliphatic rings. The highest BCUT2D eigenvalue weighted by Crippen LogP contribution is 1.86. The third-order valence-electron chi connectivity index (χ3n) is 2.12. The lowest BCUT2D eigenvalue weighted by molar-refractivity contribution is -0.674. The standard InChI is InChI=1S/C7H7N2.C7H8N2.CH3I.HI/c1-9-5-3-2-4-7(9)6-8;1-8-6-7-4-2-3-5-9-7;1-2;/h2-5H,1H3;2-6H,1H3;1H3;1H/q+1;;;/p-1. The molecule has 0 unspecified atom stereocenters. The minimum Gasteiger partial charge on any atom is -1.00 e. The predicted molar refractivity (Wildman–Crippen MR) is 90.0 cm³/mol. The molecule has 2 aromatic heterocycles. The fourth-order valence-electron chi connectivity index (χ4n) is 1.22. The molecule has 0 bridgehead atoms. The molecule has 6 heteroatoms. The Morgan fingerprint density at radius 3 is 2.33 bits per heavy atom. The first-order chi connectivity index (χ1) is 9.77. The van der Waals surface area contributed by atoms with Crippen molar-refractivity contribution in [1.82, 2.24) is 4.98 Å². The van der Waals surface area contributed by atoms with Crippen molar-refractivity contribution in [3.63, 3.8) is 0 Å². The maximum absolute atomic E-state index is 8.45. The van der Waals surface area contributed by atoms with E-state index in [1.165, 1.54) is 0 Å². The van der Waals surface area contributed by atoms with E-state index in [1.54, 1.807) is 30.1 Å². The van der Waals surface area contributed by atoms with Crippen molar-refractivity contribution in [2.75, 3.05) is 12.0 Å². The minimum absolute atomic E-state index is 0. The summed E-state index contributed by atoms with van der Waals surface area (Å²) in [4.78, 5) is 9.81. The molecule has 0 saturated heterocycles. The normalized spacial score (nSPS) is 8.33. The molecule has 2 heterocycles. The van der Waals surface area contributed by atoms with Gasteiger partial charge in [-0.05, 0) is 23.1 Å². The Balaban J connectivity index is 0. The molecule has 0 saturated carbocycles. The van der Waals surface area contributed by atoms with Gasteiger partial charge in [-0.3, -0.25) is 9.98 Å². The summed E-state index contributed by atoms with van der Waals surface area (Å²) < 4.78 is 1.78. The summed E-state index contributed by atoms with van der Waals surface area (Å²) in [5, 5.41) is 8.45. The molecule has 0 aliphatic heterocycles. The van der Waals surface area contributed by atoms with E-state index in [0.29, 0.717) is 5.69 Å². The quantitative estimate of drug-likeness (QED) is 0.228. The summed E-state index contributed by atoms with van der Waals surface area (Å²) in [6.07, 6.45) is 5.32. The molecule has 0 atom stereocenters. The zero-order valence-corrected chi connectivity index (χ0v) is 16.6. The molecular formula is C15H18I2N4. The van der Waals surface area contributed by atoms with Gasteiger partial charge in [0, 0.05) is 31.6 Å². The van der Waals surface area contributed by atoms with Crippen LogP contribution in [0.4, 0.5) is 0 Å². The van der Waals surface area contributed by atoms with E-state index in [-0.39, 0.29) is 24.0 Å². The smallest absolute Gasteiger partial charge is 0.283 e. The number of aromatic nitrogens is 2. The summed E-state index contributed by atoms with van der Waals surface area (Å²) in [5.41, 5.74) is 1.58. The second-order valence-electron chi connectivity index (χ2n) is 3.45. The number of nitrogens with zero attached hydrogens (tertiary/aromatic N) is 4. The predicted octanol–water partition coefficient (Wildman–Crippen LogP) is -0.432. The van der Waals surface area contributed by atoms with Crippen LogP contribution in [0.25, 0.3) is 0 Å². The van der Waals surface area contributed by atoms with Gasteiger partial charge in [-0.2, -0.15) is 9.83 Å². The van der Waals surface area contributed by atoms with E-state index in [0.717, 1.165) is 5.69 Å². The Morgan fingerprint density at radius 2 is 1.90 bits per heavy atom. The summed E-state index contributed by atoms with van der Waals surface area (Å²) in [7, 11) is 3.58. The van der Waals surface area contributed by atoms with Crippen LogP contribution in [0.3, 0.4) is 0 Å². The summed E-state index contributed by atoms with van der Waals surface area (Å²) in [6, 6.07) is 13.3. The Kier molecular flexibility index (Phi) is 16.2. The van der Waals surface area contributed by atoms with Gasteiger partial charge in [0.1, 0.15) is 7.05 Å². The molecule has 0 N–H and O–H groups in total. The Morgan fingerprint density at radius 1 is 1.24 bits per heavy atom. The number of aryl methyl sites for hydroxylation is 1. The van der Waals surface area contributed by atoms with Gasteiger partial charge in [0.2, 0.25) is 0 Å². The van der Waals surface area contributed by atoms with Gasteiger partial charge < -0.3 is 24.0 Å². The summed E-state index contributed by atoms with van der Waals surface area (Å²) in [5.74, 6) is 0. The number of hydrogen-bond acceptors (Lipinski definition) is 3. The lowest BCUT2D eigenvalue weighted by Gasteiger charge is -1.85. The molecule has 112 valence electrons. The highest BCUT2D eigenvalue weighted by molar-refractivity contribution is 14.1. The number of nitriles is 1. The van der Waals surface area contributed by atoms with E-state index < -0.39 is 0 Å². The zero-order valence-electron chi connectivity index (χ0n) is 12.2. The Hall–Kier alpha value is -1.08. The fraction of sp³-hybridized carbons (Fsp3) is 0.200. The number of hydrogen-bond donors (Lipinski definition) is 0. The topological polar surface area (TPSA) is 52.9 Å². The average molecular weight is 508 g/mol. The Labute approximate surface area is 157 Å². The third kappa shape index (κ3) is 10.3. The van der Waals surface area contributed by atoms with Crippen LogP contribution in [0, 0.1) is 11.3 Å². The van der Waals surface area contributed by atoms with Crippen molar-refractivity contribution in [2.24, 2.45) is 12.0 Å². The van der Waals surface area contributed by atoms with Crippen LogP contribution in [-0.2, 0) is 7.05 Å². The largest absolute Gasteiger partial charge is 1.00 e. The van der Waals surface area contributed by atoms with Gasteiger partial charge in [0.25, 0.3) is 5.69 Å². The van der Waals surface area contributed by atoms with Crippen molar-refractivity contribution >= 4 is 28.8 Å². The third-order valence-corrected chi connectivity index (χ3v) is 2.12. The van der Waals surface area contributed by atoms with Gasteiger partial charge in [-0.1, -0.05) is 28.7 Å². The van der Waals surface area contributed by atoms with Gasteiger partial charge >= 0.3 is 0 Å². The van der Waals surface area contributed by atoms with Crippen molar-refractivity contribution in [2.45, 2.75) is 0 Å². The molecule has 0 aromatic carbocycles. The molecule has 2 rings (SSSR count). The van der Waals surface area contributed by atoms with Crippen LogP contribution in [-0.4, -0.2) is 23.2 Å². The SMILES string of the molecule is CI.CN=Cc1ccccn1.C[n+]1ccccc1C#N.[I-]. The molecule has 2 aromatic rings. The number of aliphatic imine (C=N–C) groups is 1. The molecule has 0 amide bonds. The van der Waals surface area contributed by atoms with Gasteiger partial charge in [0.15, 0.2) is 12.3 Å². The van der Waals surface area contributed by atoms with Crippen LogP contribution in [0.15, 0.2) is 53.8 Å². The van der Waals surface area contributed by atoms with Gasteiger partial charge in [-0.15, -0.1) is 0 Å². The number of halogens is 2. The highest BCUT2D eigenvalue weighted by Gasteiger charge is 1.98. The van der Waals surface area contributed by atoms with E-state index in [9.17, 15) is 0 Å². The first-order valence-electron chi connectivity index (χ1n) is 5.83. The second kappa shape index (κ2) is 15.3. The molecule has 4 nitrogen and oxygen atoms in total. The van der Waals surface area contributed by atoms with Crippen molar-refractivity contribution in [1.29, 1.82) is 5.26 Å². The van der Waals surface area contributed by atoms with Crippen LogP contribution in [0.5, 0.6) is 0 Å². The molecule has 0 fully saturated rings.